The fourth-order valence-electron chi connectivity index (χ4n) is 1.55. The molecule has 90 valence electrons. The van der Waals surface area contributed by atoms with Gasteiger partial charge in [-0.2, -0.15) is 0 Å². The minimum Gasteiger partial charge on any atom is -0.442 e. The van der Waals surface area contributed by atoms with Crippen LogP contribution in [0.25, 0.3) is 0 Å². The molecule has 0 bridgehead atoms. The Morgan fingerprint density at radius 1 is 1.27 bits per heavy atom. The Bertz CT molecular complexity index is 216. The summed E-state index contributed by atoms with van der Waals surface area (Å²) in [6.07, 6.45) is 0. The minimum absolute atomic E-state index is 0.473. The molecule has 0 heterocycles. The van der Waals surface area contributed by atoms with Crippen LogP contribution in [0.3, 0.4) is 0 Å². The summed E-state index contributed by atoms with van der Waals surface area (Å²) < 4.78 is 23.7. The average molecular weight is 281 g/mol. The Balaban J connectivity index is 4.51. The molecule has 7 heteroatoms. The molecule has 0 aliphatic carbocycles. The molecule has 0 aromatic carbocycles. The van der Waals surface area contributed by atoms with Gasteiger partial charge < -0.3 is 12.7 Å². The first kappa shape index (κ1) is 15.6. The molecular formula is C8H24O3Si4. The maximum Gasteiger partial charge on any atom is 0.317 e. The maximum absolute atomic E-state index is 11.7. The smallest absolute Gasteiger partial charge is 0.317 e. The third-order valence-corrected chi connectivity index (χ3v) is 14.6. The molecule has 0 fully saturated rings. The molecule has 0 N–H and O–H groups in total. The normalized spacial score (nSPS) is 16.9. The van der Waals surface area contributed by atoms with Gasteiger partial charge >= 0.3 is 8.56 Å². The molecular weight excluding hydrogens is 256 g/mol. The second-order valence-electron chi connectivity index (χ2n) is 4.85. The molecule has 3 nitrogen and oxygen atoms in total. The molecule has 15 heavy (non-hydrogen) atoms. The second kappa shape index (κ2) is 6.35. The summed E-state index contributed by atoms with van der Waals surface area (Å²) in [4.78, 5) is 0. The molecule has 0 radical (unpaired) electrons. The van der Waals surface area contributed by atoms with Crippen LogP contribution in [0.1, 0.15) is 6.92 Å². The molecule has 1 atom stereocenters. The maximum atomic E-state index is 11.7. The largest absolute Gasteiger partial charge is 0.442 e. The van der Waals surface area contributed by atoms with Crippen LogP contribution < -0.4 is 0 Å². The van der Waals surface area contributed by atoms with Crippen molar-refractivity contribution in [3.05, 3.63) is 0 Å². The molecule has 0 aromatic rings. The van der Waals surface area contributed by atoms with Crippen molar-refractivity contribution in [1.82, 2.24) is 0 Å². The first-order valence-electron chi connectivity index (χ1n) is 5.58. The lowest BCUT2D eigenvalue weighted by Gasteiger charge is -2.33. The summed E-state index contributed by atoms with van der Waals surface area (Å²) in [6.45, 7) is 12.7. The van der Waals surface area contributed by atoms with Crippen LogP contribution in [0.5, 0.6) is 0 Å². The van der Waals surface area contributed by atoms with Crippen LogP contribution in [-0.2, 0) is 12.7 Å². The SMILES string of the molecule is CC[Si](=O)C[Si](C)(O[SiH2]C)O[Si](C)(C)C. The van der Waals surface area contributed by atoms with E-state index in [1.54, 1.807) is 0 Å². The van der Waals surface area contributed by atoms with E-state index in [9.17, 15) is 4.46 Å². The Hall–Kier alpha value is 0.588. The molecule has 0 aliphatic rings. The molecule has 0 spiro atoms. The van der Waals surface area contributed by atoms with Gasteiger partial charge in [0.25, 0.3) is 8.68 Å². The van der Waals surface area contributed by atoms with E-state index in [1.807, 2.05) is 6.92 Å². The van der Waals surface area contributed by atoms with Crippen molar-refractivity contribution in [3.8, 4) is 0 Å². The van der Waals surface area contributed by atoms with Gasteiger partial charge in [0.15, 0.2) is 8.32 Å². The highest BCUT2D eigenvalue weighted by molar-refractivity contribution is 6.87. The molecule has 0 saturated carbocycles. The van der Waals surface area contributed by atoms with Crippen LogP contribution in [0.2, 0.25) is 44.4 Å². The summed E-state index contributed by atoms with van der Waals surface area (Å²) in [7, 11) is -5.63. The van der Waals surface area contributed by atoms with E-state index in [4.69, 9.17) is 8.23 Å². The lowest BCUT2D eigenvalue weighted by molar-refractivity contribution is 0.406. The number of hydrogen-bond acceptors (Lipinski definition) is 3. The quantitative estimate of drug-likeness (QED) is 0.670. The van der Waals surface area contributed by atoms with Gasteiger partial charge in [-0.3, -0.25) is 0 Å². The number of hydrogen-bond donors (Lipinski definition) is 0. The summed E-state index contributed by atoms with van der Waals surface area (Å²) in [5, 5.41) is 0. The lowest BCUT2D eigenvalue weighted by atomic mass is 11.0. The first-order valence-corrected chi connectivity index (χ1v) is 15.3. The summed E-state index contributed by atoms with van der Waals surface area (Å²) in [6, 6.07) is 0.775. The van der Waals surface area contributed by atoms with Crippen LogP contribution in [-0.4, -0.2) is 35.3 Å². The van der Waals surface area contributed by atoms with Gasteiger partial charge in [0.1, 0.15) is 9.76 Å². The monoisotopic (exact) mass is 280 g/mol. The molecule has 0 aliphatic heterocycles. The van der Waals surface area contributed by atoms with Gasteiger partial charge in [-0.15, -0.1) is 0 Å². The van der Waals surface area contributed by atoms with Crippen molar-refractivity contribution < 1.29 is 12.7 Å². The summed E-state index contributed by atoms with van der Waals surface area (Å²) in [5.74, 6) is 0. The van der Waals surface area contributed by atoms with E-state index in [0.29, 0.717) is 5.67 Å². The second-order valence-corrected chi connectivity index (χ2v) is 17.1. The predicted octanol–water partition coefficient (Wildman–Crippen LogP) is 2.04. The van der Waals surface area contributed by atoms with Crippen LogP contribution in [0.4, 0.5) is 0 Å². The standard InChI is InChI=1S/C8H24O3Si4/c1-7-13(9)8-15(6,10-12-2)11-14(3,4)5/h7-8,12H2,1-6H3. The van der Waals surface area contributed by atoms with Gasteiger partial charge in [0, 0.05) is 5.67 Å². The van der Waals surface area contributed by atoms with Crippen molar-refractivity contribution in [2.45, 2.75) is 51.4 Å². The van der Waals surface area contributed by atoms with E-state index in [1.165, 1.54) is 0 Å². The zero-order chi connectivity index (χ0) is 12.1. The van der Waals surface area contributed by atoms with E-state index in [2.05, 4.69) is 32.7 Å². The minimum atomic E-state index is -2.11. The van der Waals surface area contributed by atoms with E-state index in [0.717, 1.165) is 6.04 Å². The Kier molecular flexibility index (Phi) is 6.60. The van der Waals surface area contributed by atoms with Crippen LogP contribution in [0, 0.1) is 0 Å². The van der Waals surface area contributed by atoms with Gasteiger partial charge in [-0.1, -0.05) is 13.5 Å². The fourth-order valence-corrected chi connectivity index (χ4v) is 16.1. The first-order chi connectivity index (χ1) is 6.72. The van der Waals surface area contributed by atoms with Crippen LogP contribution >= 0.6 is 0 Å². The number of rotatable bonds is 7. The molecule has 0 rings (SSSR count). The topological polar surface area (TPSA) is 35.5 Å². The van der Waals surface area contributed by atoms with Gasteiger partial charge in [-0.25, -0.2) is 0 Å². The van der Waals surface area contributed by atoms with E-state index >= 15 is 0 Å². The van der Waals surface area contributed by atoms with Crippen molar-refractivity contribution in [3.63, 3.8) is 0 Å². The highest BCUT2D eigenvalue weighted by Gasteiger charge is 2.37. The van der Waals surface area contributed by atoms with Crippen LogP contribution in [0.15, 0.2) is 0 Å². The van der Waals surface area contributed by atoms with Gasteiger partial charge in [0.05, 0.1) is 0 Å². The Morgan fingerprint density at radius 2 is 1.80 bits per heavy atom. The molecule has 1 unspecified atom stereocenters. The highest BCUT2D eigenvalue weighted by Crippen LogP contribution is 2.20. The zero-order valence-electron chi connectivity index (χ0n) is 10.8. The lowest BCUT2D eigenvalue weighted by Crippen LogP contribution is -2.49. The van der Waals surface area contributed by atoms with Crippen molar-refractivity contribution in [1.29, 1.82) is 0 Å². The van der Waals surface area contributed by atoms with Crippen molar-refractivity contribution >= 4 is 35.3 Å². The third-order valence-electron chi connectivity index (χ3n) is 1.88. The van der Waals surface area contributed by atoms with E-state index < -0.39 is 35.3 Å². The van der Waals surface area contributed by atoms with Crippen molar-refractivity contribution in [2.24, 2.45) is 0 Å². The average Bonchev–Trinajstić information content (AvgIpc) is 2.00. The Labute approximate surface area is 99.6 Å². The zero-order valence-corrected chi connectivity index (χ0v) is 15.3. The van der Waals surface area contributed by atoms with E-state index in [-0.39, 0.29) is 0 Å². The third kappa shape index (κ3) is 7.47. The molecule has 0 saturated heterocycles. The molecule has 0 amide bonds. The van der Waals surface area contributed by atoms with Crippen molar-refractivity contribution in [2.75, 3.05) is 0 Å². The fraction of sp³-hybridized carbons (Fsp3) is 1.00. The predicted molar refractivity (Wildman–Crippen MR) is 73.3 cm³/mol. The summed E-state index contributed by atoms with van der Waals surface area (Å²) in [5.41, 5.74) is 0.708. The van der Waals surface area contributed by atoms with Gasteiger partial charge in [0.2, 0.25) is 0 Å². The molecule has 0 aromatic heterocycles. The summed E-state index contributed by atoms with van der Waals surface area (Å²) >= 11 is 0. The highest BCUT2D eigenvalue weighted by atomic mass is 28.5. The Morgan fingerprint density at radius 3 is 2.13 bits per heavy atom. The van der Waals surface area contributed by atoms with Gasteiger partial charge in [-0.05, 0) is 32.2 Å².